The van der Waals surface area contributed by atoms with Crippen molar-refractivity contribution in [3.05, 3.63) is 35.7 Å². The molecule has 0 spiro atoms. The number of pyridine rings is 1. The SMILES string of the molecule is CC[C@H]1COCCN1c1cc(CS(C)(=O)=O)nc(-c2ccc3[nH]c(CN(C)C(=O)O)cc3n2)n1. The van der Waals surface area contributed by atoms with Crippen LogP contribution >= 0.6 is 0 Å². The van der Waals surface area contributed by atoms with Crippen molar-refractivity contribution in [1.29, 1.82) is 0 Å². The third-order valence-electron chi connectivity index (χ3n) is 5.66. The fraction of sp³-hybridized carbons (Fsp3) is 0.455. The zero-order valence-electron chi connectivity index (χ0n) is 19.4. The fourth-order valence-electron chi connectivity index (χ4n) is 3.98. The molecule has 34 heavy (non-hydrogen) atoms. The van der Waals surface area contributed by atoms with Crippen LogP contribution in [0, 0.1) is 0 Å². The number of sulfone groups is 1. The van der Waals surface area contributed by atoms with E-state index in [4.69, 9.17) is 14.8 Å². The number of hydrogen-bond acceptors (Lipinski definition) is 8. The molecule has 0 aliphatic carbocycles. The predicted octanol–water partition coefficient (Wildman–Crippen LogP) is 2.29. The highest BCUT2D eigenvalue weighted by atomic mass is 32.2. The first-order valence-electron chi connectivity index (χ1n) is 11.0. The number of nitrogens with one attached hydrogen (secondary N) is 1. The standard InChI is InChI=1S/C22H28N6O5S/c1-4-16-12-33-8-7-28(16)20-10-15(13-34(3,31)32)24-21(26-20)18-6-5-17-19(25-18)9-14(23-17)11-27(2)22(29)30/h5-6,9-10,16,23H,4,7-8,11-13H2,1-3H3,(H,29,30)/t16-/m0/s1. The Hall–Kier alpha value is -3.25. The van der Waals surface area contributed by atoms with Crippen molar-refractivity contribution in [2.24, 2.45) is 0 Å². The van der Waals surface area contributed by atoms with Gasteiger partial charge in [0.05, 0.1) is 48.3 Å². The molecule has 1 aliphatic rings. The van der Waals surface area contributed by atoms with Crippen LogP contribution in [-0.2, 0) is 26.9 Å². The second-order valence-corrected chi connectivity index (χ2v) is 10.6. The molecular weight excluding hydrogens is 460 g/mol. The van der Waals surface area contributed by atoms with Gasteiger partial charge in [-0.05, 0) is 24.6 Å². The lowest BCUT2D eigenvalue weighted by molar-refractivity contribution is 0.0925. The van der Waals surface area contributed by atoms with E-state index in [2.05, 4.69) is 26.8 Å². The molecule has 0 radical (unpaired) electrons. The maximum absolute atomic E-state index is 12.0. The fourth-order valence-corrected chi connectivity index (χ4v) is 4.66. The number of carboxylic acid groups (broad SMARTS) is 1. The van der Waals surface area contributed by atoms with Crippen LogP contribution in [0.25, 0.3) is 22.6 Å². The van der Waals surface area contributed by atoms with Gasteiger partial charge in [0.25, 0.3) is 0 Å². The summed E-state index contributed by atoms with van der Waals surface area (Å²) in [7, 11) is -1.81. The number of aromatic nitrogens is 4. The zero-order valence-corrected chi connectivity index (χ0v) is 20.2. The Bertz CT molecular complexity index is 1310. The Morgan fingerprint density at radius 2 is 2.09 bits per heavy atom. The Morgan fingerprint density at radius 1 is 1.29 bits per heavy atom. The molecule has 1 fully saturated rings. The van der Waals surface area contributed by atoms with Gasteiger partial charge in [-0.25, -0.2) is 28.2 Å². The Labute approximate surface area is 197 Å². The number of rotatable bonds is 7. The lowest BCUT2D eigenvalue weighted by atomic mass is 10.1. The number of fused-ring (bicyclic) bond motifs is 1. The summed E-state index contributed by atoms with van der Waals surface area (Å²) >= 11 is 0. The summed E-state index contributed by atoms with van der Waals surface area (Å²) in [5, 5.41) is 9.11. The molecule has 4 rings (SSSR count). The van der Waals surface area contributed by atoms with Crippen LogP contribution in [0.3, 0.4) is 0 Å². The molecule has 1 amide bonds. The summed E-state index contributed by atoms with van der Waals surface area (Å²) in [6.07, 6.45) is 1.02. The molecule has 11 nitrogen and oxygen atoms in total. The number of amides is 1. The first kappa shape index (κ1) is 23.9. The van der Waals surface area contributed by atoms with Crippen molar-refractivity contribution in [2.45, 2.75) is 31.7 Å². The minimum absolute atomic E-state index is 0.136. The van der Waals surface area contributed by atoms with E-state index in [1.165, 1.54) is 18.2 Å². The number of morpholine rings is 1. The van der Waals surface area contributed by atoms with Crippen molar-refractivity contribution in [1.82, 2.24) is 24.8 Å². The number of H-pyrrole nitrogens is 1. The number of carbonyl (C=O) groups is 1. The van der Waals surface area contributed by atoms with E-state index in [1.807, 2.05) is 6.07 Å². The van der Waals surface area contributed by atoms with Crippen molar-refractivity contribution >= 4 is 32.8 Å². The first-order chi connectivity index (χ1) is 16.1. The molecule has 0 saturated carbocycles. The molecule has 4 heterocycles. The quantitative estimate of drug-likeness (QED) is 0.512. The predicted molar refractivity (Wildman–Crippen MR) is 127 cm³/mol. The Morgan fingerprint density at radius 3 is 2.79 bits per heavy atom. The molecule has 182 valence electrons. The number of ether oxygens (including phenoxy) is 1. The van der Waals surface area contributed by atoms with Crippen LogP contribution < -0.4 is 4.90 Å². The van der Waals surface area contributed by atoms with Gasteiger partial charge < -0.3 is 24.6 Å². The van der Waals surface area contributed by atoms with E-state index in [9.17, 15) is 13.2 Å². The van der Waals surface area contributed by atoms with Gasteiger partial charge in [0.15, 0.2) is 15.7 Å². The molecule has 0 aromatic carbocycles. The zero-order chi connectivity index (χ0) is 24.5. The highest BCUT2D eigenvalue weighted by molar-refractivity contribution is 7.89. The lowest BCUT2D eigenvalue weighted by Crippen LogP contribution is -2.45. The molecular formula is C22H28N6O5S. The second kappa shape index (κ2) is 9.55. The molecule has 3 aromatic rings. The number of hydrogen-bond donors (Lipinski definition) is 2. The minimum Gasteiger partial charge on any atom is -0.465 e. The van der Waals surface area contributed by atoms with Gasteiger partial charge in [-0.2, -0.15) is 0 Å². The van der Waals surface area contributed by atoms with Gasteiger partial charge in [-0.3, -0.25) is 0 Å². The van der Waals surface area contributed by atoms with Gasteiger partial charge in [0.2, 0.25) is 0 Å². The lowest BCUT2D eigenvalue weighted by Gasteiger charge is -2.36. The summed E-state index contributed by atoms with van der Waals surface area (Å²) in [6, 6.07) is 7.25. The highest BCUT2D eigenvalue weighted by Crippen LogP contribution is 2.26. The van der Waals surface area contributed by atoms with E-state index >= 15 is 0 Å². The van der Waals surface area contributed by atoms with Crippen LogP contribution in [0.5, 0.6) is 0 Å². The smallest absolute Gasteiger partial charge is 0.407 e. The molecule has 2 N–H and O–H groups in total. The van der Waals surface area contributed by atoms with Crippen molar-refractivity contribution in [3.8, 4) is 11.5 Å². The van der Waals surface area contributed by atoms with E-state index in [0.29, 0.717) is 54.0 Å². The second-order valence-electron chi connectivity index (χ2n) is 8.50. The van der Waals surface area contributed by atoms with Gasteiger partial charge in [0, 0.05) is 31.6 Å². The third kappa shape index (κ3) is 5.45. The summed E-state index contributed by atoms with van der Waals surface area (Å²) in [4.78, 5) is 31.5. The van der Waals surface area contributed by atoms with Crippen molar-refractivity contribution < 1.29 is 23.1 Å². The number of anilines is 1. The average Bonchev–Trinajstić information content (AvgIpc) is 3.19. The molecule has 0 bridgehead atoms. The van der Waals surface area contributed by atoms with E-state index < -0.39 is 15.9 Å². The van der Waals surface area contributed by atoms with Crippen molar-refractivity contribution in [3.63, 3.8) is 0 Å². The van der Waals surface area contributed by atoms with Crippen LogP contribution in [0.15, 0.2) is 24.3 Å². The third-order valence-corrected chi connectivity index (χ3v) is 6.48. The maximum Gasteiger partial charge on any atom is 0.407 e. The number of aromatic amines is 1. The first-order valence-corrected chi connectivity index (χ1v) is 13.0. The minimum atomic E-state index is -3.30. The van der Waals surface area contributed by atoms with Crippen molar-refractivity contribution in [2.75, 3.05) is 38.0 Å². The van der Waals surface area contributed by atoms with Crippen LogP contribution in [0.4, 0.5) is 10.6 Å². The van der Waals surface area contributed by atoms with Gasteiger partial charge in [-0.1, -0.05) is 6.92 Å². The van der Waals surface area contributed by atoms with E-state index in [0.717, 1.165) is 11.9 Å². The molecule has 12 heteroatoms. The summed E-state index contributed by atoms with van der Waals surface area (Å²) < 4.78 is 29.6. The monoisotopic (exact) mass is 488 g/mol. The summed E-state index contributed by atoms with van der Waals surface area (Å²) in [6.45, 7) is 4.07. The molecule has 1 saturated heterocycles. The largest absolute Gasteiger partial charge is 0.465 e. The summed E-state index contributed by atoms with van der Waals surface area (Å²) in [5.74, 6) is 0.790. The summed E-state index contributed by atoms with van der Waals surface area (Å²) in [5.41, 5.74) is 3.01. The molecule has 3 aromatic heterocycles. The normalized spacial score (nSPS) is 16.7. The van der Waals surface area contributed by atoms with Crippen LogP contribution in [-0.4, -0.2) is 83.6 Å². The highest BCUT2D eigenvalue weighted by Gasteiger charge is 2.25. The van der Waals surface area contributed by atoms with Crippen LogP contribution in [0.1, 0.15) is 24.7 Å². The topological polar surface area (TPSA) is 142 Å². The molecule has 0 unspecified atom stereocenters. The Balaban J connectivity index is 1.74. The van der Waals surface area contributed by atoms with Gasteiger partial charge in [0.1, 0.15) is 11.5 Å². The average molecular weight is 489 g/mol. The molecule has 1 atom stereocenters. The van der Waals surface area contributed by atoms with E-state index in [1.54, 1.807) is 18.2 Å². The van der Waals surface area contributed by atoms with Gasteiger partial charge >= 0.3 is 6.09 Å². The Kier molecular flexibility index (Phi) is 6.71. The maximum atomic E-state index is 12.0. The van der Waals surface area contributed by atoms with E-state index in [-0.39, 0.29) is 18.3 Å². The van der Waals surface area contributed by atoms with Gasteiger partial charge in [-0.15, -0.1) is 0 Å². The number of nitrogens with zero attached hydrogens (tertiary/aromatic N) is 5. The van der Waals surface area contributed by atoms with Crippen LogP contribution in [0.2, 0.25) is 0 Å². The molecule has 1 aliphatic heterocycles.